The number of carbonyl (C=O) groups is 1. The number of thiophene rings is 1. The summed E-state index contributed by atoms with van der Waals surface area (Å²) in [5.41, 5.74) is 2.20. The Bertz CT molecular complexity index is 919. The number of hydrogen-bond acceptors (Lipinski definition) is 4. The monoisotopic (exact) mass is 381 g/mol. The summed E-state index contributed by atoms with van der Waals surface area (Å²) < 4.78 is 10.5. The van der Waals surface area contributed by atoms with Gasteiger partial charge in [-0.25, -0.2) is 0 Å². The average molecular weight is 381 g/mol. The molecule has 1 heterocycles. The van der Waals surface area contributed by atoms with Crippen LogP contribution in [0.2, 0.25) is 0 Å². The summed E-state index contributed by atoms with van der Waals surface area (Å²) in [5, 5.41) is 0. The van der Waals surface area contributed by atoms with Crippen molar-refractivity contribution in [3.05, 3.63) is 71.1 Å². The first kappa shape index (κ1) is 19.0. The van der Waals surface area contributed by atoms with Crippen molar-refractivity contribution in [2.75, 3.05) is 27.8 Å². The maximum atomic E-state index is 12.7. The zero-order valence-corrected chi connectivity index (χ0v) is 16.6. The number of nitrogens with zero attached hydrogens (tertiary/aromatic N) is 1. The van der Waals surface area contributed by atoms with Crippen molar-refractivity contribution in [2.45, 2.75) is 6.42 Å². The van der Waals surface area contributed by atoms with Crippen molar-refractivity contribution >= 4 is 17.2 Å². The molecule has 5 heteroatoms. The lowest BCUT2D eigenvalue weighted by molar-refractivity contribution is 0.0801. The first-order chi connectivity index (χ1) is 13.1. The zero-order chi connectivity index (χ0) is 19.2. The molecule has 3 aromatic rings. The second-order valence-corrected chi connectivity index (χ2v) is 7.31. The minimum Gasteiger partial charge on any atom is -0.497 e. The molecule has 0 aliphatic rings. The summed E-state index contributed by atoms with van der Waals surface area (Å²) in [7, 11) is 5.15. The first-order valence-electron chi connectivity index (χ1n) is 8.73. The van der Waals surface area contributed by atoms with Crippen molar-refractivity contribution in [3.63, 3.8) is 0 Å². The van der Waals surface area contributed by atoms with Crippen LogP contribution >= 0.6 is 11.3 Å². The Balaban J connectivity index is 1.65. The number of amides is 1. The topological polar surface area (TPSA) is 38.8 Å². The largest absolute Gasteiger partial charge is 0.497 e. The molecule has 0 aliphatic heterocycles. The highest BCUT2D eigenvalue weighted by Crippen LogP contribution is 2.30. The van der Waals surface area contributed by atoms with Crippen LogP contribution < -0.4 is 9.47 Å². The lowest BCUT2D eigenvalue weighted by Crippen LogP contribution is -2.28. The molecule has 0 radical (unpaired) electrons. The molecule has 0 unspecified atom stereocenters. The number of benzene rings is 2. The predicted octanol–water partition coefficient (Wildman–Crippen LogP) is 4.75. The minimum absolute atomic E-state index is 0.0389. The second kappa shape index (κ2) is 8.73. The number of carbonyl (C=O) groups excluding carboxylic acids is 1. The van der Waals surface area contributed by atoms with Crippen LogP contribution in [0.1, 0.15) is 15.2 Å². The predicted molar refractivity (Wildman–Crippen MR) is 110 cm³/mol. The molecule has 0 atom stereocenters. The molecule has 0 spiro atoms. The summed E-state index contributed by atoms with van der Waals surface area (Å²) in [6.45, 7) is 0.651. The van der Waals surface area contributed by atoms with Crippen LogP contribution in [0.15, 0.2) is 60.7 Å². The Hall–Kier alpha value is -2.79. The van der Waals surface area contributed by atoms with Gasteiger partial charge in [0.1, 0.15) is 11.5 Å². The Morgan fingerprint density at radius 1 is 0.963 bits per heavy atom. The number of ether oxygens (including phenoxy) is 2. The number of hydrogen-bond donors (Lipinski definition) is 0. The summed E-state index contributed by atoms with van der Waals surface area (Å²) in [4.78, 5) is 16.3. The van der Waals surface area contributed by atoms with Crippen LogP contribution in [0.5, 0.6) is 11.5 Å². The standard InChI is InChI=1S/C22H23NO3S/c1-23(13-12-16-6-4-8-18(14-16)25-2)22(24)21-11-10-20(27-21)17-7-5-9-19(15-17)26-3/h4-11,14-15H,12-13H2,1-3H3. The van der Waals surface area contributed by atoms with E-state index < -0.39 is 0 Å². The van der Waals surface area contributed by atoms with Gasteiger partial charge in [0.25, 0.3) is 5.91 Å². The molecule has 0 bridgehead atoms. The summed E-state index contributed by atoms with van der Waals surface area (Å²) >= 11 is 1.50. The van der Waals surface area contributed by atoms with E-state index in [2.05, 4.69) is 0 Å². The van der Waals surface area contributed by atoms with E-state index in [0.717, 1.165) is 38.8 Å². The van der Waals surface area contributed by atoms with Crippen molar-refractivity contribution in [3.8, 4) is 21.9 Å². The molecule has 3 rings (SSSR count). The molecule has 27 heavy (non-hydrogen) atoms. The zero-order valence-electron chi connectivity index (χ0n) is 15.8. The van der Waals surface area contributed by atoms with Gasteiger partial charge in [0.05, 0.1) is 19.1 Å². The van der Waals surface area contributed by atoms with Gasteiger partial charge in [0.15, 0.2) is 0 Å². The van der Waals surface area contributed by atoms with E-state index in [1.54, 1.807) is 19.1 Å². The molecule has 0 N–H and O–H groups in total. The van der Waals surface area contributed by atoms with E-state index in [1.807, 2.05) is 67.7 Å². The van der Waals surface area contributed by atoms with Gasteiger partial charge < -0.3 is 14.4 Å². The highest BCUT2D eigenvalue weighted by molar-refractivity contribution is 7.17. The van der Waals surface area contributed by atoms with Gasteiger partial charge >= 0.3 is 0 Å². The van der Waals surface area contributed by atoms with Gasteiger partial charge in [-0.1, -0.05) is 24.3 Å². The normalized spacial score (nSPS) is 10.5. The molecule has 140 valence electrons. The third-order valence-electron chi connectivity index (χ3n) is 4.39. The van der Waals surface area contributed by atoms with Crippen LogP contribution in [0.25, 0.3) is 10.4 Å². The first-order valence-corrected chi connectivity index (χ1v) is 9.55. The Kier molecular flexibility index (Phi) is 6.14. The molecule has 1 aromatic heterocycles. The number of likely N-dealkylation sites (N-methyl/N-ethyl adjacent to an activating group) is 1. The fraction of sp³-hybridized carbons (Fsp3) is 0.227. The molecular formula is C22H23NO3S. The maximum absolute atomic E-state index is 12.7. The highest BCUT2D eigenvalue weighted by Gasteiger charge is 2.15. The Morgan fingerprint density at radius 3 is 2.41 bits per heavy atom. The van der Waals surface area contributed by atoms with Gasteiger partial charge in [-0.15, -0.1) is 11.3 Å². The summed E-state index contributed by atoms with van der Waals surface area (Å²) in [5.74, 6) is 1.68. The van der Waals surface area contributed by atoms with Gasteiger partial charge in [-0.2, -0.15) is 0 Å². The molecule has 2 aromatic carbocycles. The SMILES string of the molecule is COc1cccc(CCN(C)C(=O)c2ccc(-c3cccc(OC)c3)s2)c1. The molecular weight excluding hydrogens is 358 g/mol. The van der Waals surface area contributed by atoms with E-state index >= 15 is 0 Å². The lowest BCUT2D eigenvalue weighted by atomic mass is 10.1. The molecule has 0 fully saturated rings. The van der Waals surface area contributed by atoms with Crippen LogP contribution in [0.3, 0.4) is 0 Å². The van der Waals surface area contributed by atoms with Gasteiger partial charge in [-0.05, 0) is 53.9 Å². The minimum atomic E-state index is 0.0389. The van der Waals surface area contributed by atoms with E-state index in [1.165, 1.54) is 11.3 Å². The molecule has 4 nitrogen and oxygen atoms in total. The number of rotatable bonds is 7. The fourth-order valence-electron chi connectivity index (χ4n) is 2.80. The molecule has 0 saturated heterocycles. The van der Waals surface area contributed by atoms with Crippen molar-refractivity contribution in [1.29, 1.82) is 0 Å². The van der Waals surface area contributed by atoms with Gasteiger partial charge in [0.2, 0.25) is 0 Å². The van der Waals surface area contributed by atoms with Crippen molar-refractivity contribution in [2.24, 2.45) is 0 Å². The van der Waals surface area contributed by atoms with Crippen LogP contribution in [0.4, 0.5) is 0 Å². The lowest BCUT2D eigenvalue weighted by Gasteiger charge is -2.16. The van der Waals surface area contributed by atoms with E-state index in [9.17, 15) is 4.79 Å². The van der Waals surface area contributed by atoms with Crippen LogP contribution in [-0.2, 0) is 6.42 Å². The quantitative estimate of drug-likeness (QED) is 0.593. The fourth-order valence-corrected chi connectivity index (χ4v) is 3.80. The van der Waals surface area contributed by atoms with E-state index in [4.69, 9.17) is 9.47 Å². The third-order valence-corrected chi connectivity index (χ3v) is 5.51. The van der Waals surface area contributed by atoms with Gasteiger partial charge in [0, 0.05) is 18.5 Å². The van der Waals surface area contributed by atoms with Gasteiger partial charge in [-0.3, -0.25) is 4.79 Å². The average Bonchev–Trinajstić information content (AvgIpc) is 3.22. The second-order valence-electron chi connectivity index (χ2n) is 6.22. The molecule has 0 saturated carbocycles. The molecule has 0 aliphatic carbocycles. The Labute approximate surface area is 164 Å². The van der Waals surface area contributed by atoms with E-state index in [-0.39, 0.29) is 5.91 Å². The third kappa shape index (κ3) is 4.68. The smallest absolute Gasteiger partial charge is 0.263 e. The van der Waals surface area contributed by atoms with Crippen molar-refractivity contribution < 1.29 is 14.3 Å². The van der Waals surface area contributed by atoms with E-state index in [0.29, 0.717) is 6.54 Å². The summed E-state index contributed by atoms with van der Waals surface area (Å²) in [6, 6.07) is 19.7. The highest BCUT2D eigenvalue weighted by atomic mass is 32.1. The molecule has 1 amide bonds. The Morgan fingerprint density at radius 2 is 1.67 bits per heavy atom. The van der Waals surface area contributed by atoms with Crippen LogP contribution in [0, 0.1) is 0 Å². The number of methoxy groups -OCH3 is 2. The maximum Gasteiger partial charge on any atom is 0.263 e. The summed E-state index contributed by atoms with van der Waals surface area (Å²) in [6.07, 6.45) is 0.785. The van der Waals surface area contributed by atoms with Crippen molar-refractivity contribution in [1.82, 2.24) is 4.90 Å². The van der Waals surface area contributed by atoms with Crippen LogP contribution in [-0.4, -0.2) is 38.6 Å².